The number of phosphoric ester groups is 1. The van der Waals surface area contributed by atoms with Crippen molar-refractivity contribution in [3.63, 3.8) is 0 Å². The maximum Gasteiger partial charge on any atom is 0.474 e. The quantitative estimate of drug-likeness (QED) is 0.0461. The second kappa shape index (κ2) is 23.6. The van der Waals surface area contributed by atoms with E-state index in [0.29, 0.717) is 23.4 Å². The molecule has 0 saturated carbocycles. The molecule has 1 saturated heterocycles. The van der Waals surface area contributed by atoms with E-state index in [-0.39, 0.29) is 24.7 Å². The van der Waals surface area contributed by atoms with Crippen molar-refractivity contribution in [2.45, 2.75) is 146 Å². The first kappa shape index (κ1) is 45.2. The first-order valence-electron chi connectivity index (χ1n) is 19.9. The molecule has 6 atom stereocenters. The molecule has 1 unspecified atom stereocenters. The number of anilines is 1. The number of unbranched alkanes of at least 4 members (excludes halogenated alkanes) is 15. The van der Waals surface area contributed by atoms with Crippen LogP contribution in [0.2, 0.25) is 0 Å². The van der Waals surface area contributed by atoms with Gasteiger partial charge in [-0.25, -0.2) is 14.1 Å². The zero-order valence-electron chi connectivity index (χ0n) is 32.4. The van der Waals surface area contributed by atoms with Crippen LogP contribution in [-0.4, -0.2) is 79.1 Å². The van der Waals surface area contributed by atoms with Crippen molar-refractivity contribution in [1.82, 2.24) is 19.6 Å². The average Bonchev–Trinajstić information content (AvgIpc) is 3.74. The summed E-state index contributed by atoms with van der Waals surface area (Å²) < 4.78 is 42.2. The van der Waals surface area contributed by atoms with Crippen LogP contribution in [-0.2, 0) is 40.0 Å². The third kappa shape index (κ3) is 13.5. The molecule has 1 aliphatic rings. The molecule has 17 heteroatoms. The zero-order chi connectivity index (χ0) is 40.2. The van der Waals surface area contributed by atoms with E-state index in [2.05, 4.69) is 22.0 Å². The lowest BCUT2D eigenvalue weighted by molar-refractivity contribution is -0.145. The summed E-state index contributed by atoms with van der Waals surface area (Å²) in [6.07, 6.45) is 16.1. The van der Waals surface area contributed by atoms with Gasteiger partial charge in [-0.1, -0.05) is 103 Å². The van der Waals surface area contributed by atoms with Gasteiger partial charge in [0.1, 0.15) is 42.3 Å². The van der Waals surface area contributed by atoms with Gasteiger partial charge >= 0.3 is 7.82 Å². The SMILES string of the molecule is CCCCCCCCCCCCCCCCCCOC[C@H](COP(=O)(O)O[C@H]1O[C@@](C#N)(c2ccc3c(N)ncnn23)[C@H](O)[C@@H]1O)OCc1ccc(C#N)cn1. The highest BCUT2D eigenvalue weighted by Crippen LogP contribution is 2.50. The third-order valence-corrected chi connectivity index (χ3v) is 10.8. The highest BCUT2D eigenvalue weighted by atomic mass is 31.2. The molecule has 0 amide bonds. The number of nitrogens with two attached hydrogens (primary N) is 1. The van der Waals surface area contributed by atoms with Crippen molar-refractivity contribution in [1.29, 1.82) is 10.5 Å². The molecule has 56 heavy (non-hydrogen) atoms. The summed E-state index contributed by atoms with van der Waals surface area (Å²) >= 11 is 0. The topological polar surface area (TPSA) is 241 Å². The van der Waals surface area contributed by atoms with Gasteiger partial charge in [0.15, 0.2) is 12.1 Å². The fraction of sp³-hybridized carbons (Fsp3) is 0.667. The number of nitrogens with zero attached hydrogens (tertiary/aromatic N) is 6. The number of aromatic nitrogens is 4. The van der Waals surface area contributed by atoms with E-state index in [1.165, 1.54) is 106 Å². The standard InChI is InChI=1S/C39H58N7O9P/c1-2-3-4-5-6-7-8-9-10-11-12-13-14-15-16-17-22-51-26-32(52-25-31-19-18-30(23-40)24-43-31)27-53-56(49,50)55-38-35(47)36(48)39(28-41,54-38)34-21-20-33-37(42)44-29-45-46(33)34/h18-21,24,29,32,35-36,38,47-48H,2-17,22,25-27H2,1H3,(H,49,50)(H2,42,44,45)/t32-,35+,36-,38-,39+/m1/s1. The van der Waals surface area contributed by atoms with Crippen LogP contribution in [0.4, 0.5) is 5.82 Å². The molecule has 5 N–H and O–H groups in total. The van der Waals surface area contributed by atoms with Crippen molar-refractivity contribution in [3.8, 4) is 12.1 Å². The van der Waals surface area contributed by atoms with Crippen LogP contribution in [0, 0.1) is 22.7 Å². The summed E-state index contributed by atoms with van der Waals surface area (Å²) in [5.74, 6) is 0.0918. The molecule has 0 radical (unpaired) electrons. The minimum absolute atomic E-state index is 0.000594. The van der Waals surface area contributed by atoms with Crippen molar-refractivity contribution in [2.75, 3.05) is 25.6 Å². The molecular weight excluding hydrogens is 741 g/mol. The number of rotatable bonds is 28. The second-order valence-corrected chi connectivity index (χ2v) is 15.7. The van der Waals surface area contributed by atoms with Crippen molar-refractivity contribution in [2.24, 2.45) is 0 Å². The Balaban J connectivity index is 1.20. The summed E-state index contributed by atoms with van der Waals surface area (Å²) in [6, 6.07) is 9.97. The van der Waals surface area contributed by atoms with E-state index in [1.807, 2.05) is 12.1 Å². The maximum absolute atomic E-state index is 13.1. The van der Waals surface area contributed by atoms with E-state index >= 15 is 0 Å². The van der Waals surface area contributed by atoms with Gasteiger partial charge in [0.2, 0.25) is 5.60 Å². The minimum Gasteiger partial charge on any atom is -0.386 e. The molecule has 4 heterocycles. The Morgan fingerprint density at radius 2 is 1.57 bits per heavy atom. The van der Waals surface area contributed by atoms with Gasteiger partial charge in [-0.2, -0.15) is 15.6 Å². The fourth-order valence-electron chi connectivity index (χ4n) is 6.62. The van der Waals surface area contributed by atoms with E-state index in [1.54, 1.807) is 12.1 Å². The number of ether oxygens (including phenoxy) is 3. The highest BCUT2D eigenvalue weighted by Gasteiger charge is 2.59. The number of nitrogen functional groups attached to an aromatic ring is 1. The molecule has 0 aliphatic carbocycles. The lowest BCUT2D eigenvalue weighted by Gasteiger charge is -2.24. The number of pyridine rings is 1. The van der Waals surface area contributed by atoms with E-state index in [9.17, 15) is 24.9 Å². The summed E-state index contributed by atoms with van der Waals surface area (Å²) in [5, 5.41) is 45.0. The van der Waals surface area contributed by atoms with Crippen LogP contribution in [0.25, 0.3) is 5.52 Å². The normalized spacial score (nSPS) is 21.1. The van der Waals surface area contributed by atoms with Gasteiger partial charge in [0, 0.05) is 12.8 Å². The number of fused-ring (bicyclic) bond motifs is 1. The van der Waals surface area contributed by atoms with E-state index < -0.39 is 44.6 Å². The Morgan fingerprint density at radius 1 is 0.929 bits per heavy atom. The highest BCUT2D eigenvalue weighted by molar-refractivity contribution is 7.47. The summed E-state index contributed by atoms with van der Waals surface area (Å²) in [7, 11) is -4.99. The molecule has 3 aromatic rings. The number of nitriles is 2. The number of phosphoric acid groups is 1. The minimum atomic E-state index is -4.99. The maximum atomic E-state index is 13.1. The molecule has 0 spiro atoms. The monoisotopic (exact) mass is 799 g/mol. The molecule has 1 fully saturated rings. The molecular formula is C39H58N7O9P. The van der Waals surface area contributed by atoms with Crippen LogP contribution < -0.4 is 5.73 Å². The van der Waals surface area contributed by atoms with Crippen LogP contribution in [0.1, 0.15) is 127 Å². The number of hydrogen-bond acceptors (Lipinski definition) is 14. The van der Waals surface area contributed by atoms with Crippen molar-refractivity contribution >= 4 is 19.2 Å². The Labute approximate surface area is 329 Å². The summed E-state index contributed by atoms with van der Waals surface area (Å²) in [5.41, 5.74) is 4.84. The molecule has 0 bridgehead atoms. The van der Waals surface area contributed by atoms with Gasteiger partial charge in [-0.15, -0.1) is 0 Å². The first-order chi connectivity index (χ1) is 27.1. The first-order valence-corrected chi connectivity index (χ1v) is 21.4. The van der Waals surface area contributed by atoms with E-state index in [0.717, 1.165) is 25.6 Å². The van der Waals surface area contributed by atoms with Crippen molar-refractivity contribution < 1.29 is 42.9 Å². The van der Waals surface area contributed by atoms with Gasteiger partial charge in [-0.3, -0.25) is 14.0 Å². The van der Waals surface area contributed by atoms with Crippen molar-refractivity contribution in [3.05, 3.63) is 53.7 Å². The molecule has 0 aromatic carbocycles. The molecule has 4 rings (SSSR count). The zero-order valence-corrected chi connectivity index (χ0v) is 33.3. The number of aliphatic hydroxyl groups excluding tert-OH is 2. The lowest BCUT2D eigenvalue weighted by Crippen LogP contribution is -2.40. The number of aliphatic hydroxyl groups is 2. The van der Waals surface area contributed by atoms with Gasteiger partial charge < -0.3 is 35.1 Å². The Bertz CT molecular complexity index is 1730. The Hall–Kier alpha value is -3.54. The predicted molar refractivity (Wildman–Crippen MR) is 206 cm³/mol. The largest absolute Gasteiger partial charge is 0.474 e. The summed E-state index contributed by atoms with van der Waals surface area (Å²) in [6.45, 7) is 2.28. The second-order valence-electron chi connectivity index (χ2n) is 14.3. The number of hydrogen-bond donors (Lipinski definition) is 4. The predicted octanol–water partition coefficient (Wildman–Crippen LogP) is 6.37. The molecule has 1 aliphatic heterocycles. The van der Waals surface area contributed by atoms with E-state index in [4.69, 9.17) is 34.3 Å². The third-order valence-electron chi connectivity index (χ3n) is 9.88. The van der Waals surface area contributed by atoms with Crippen LogP contribution in [0.3, 0.4) is 0 Å². The Kier molecular flexibility index (Phi) is 19.1. The smallest absolute Gasteiger partial charge is 0.386 e. The average molecular weight is 800 g/mol. The van der Waals surface area contributed by atoms with Gasteiger partial charge in [0.05, 0.1) is 36.8 Å². The molecule has 3 aromatic heterocycles. The molecule has 308 valence electrons. The summed E-state index contributed by atoms with van der Waals surface area (Å²) in [4.78, 5) is 18.7. The van der Waals surface area contributed by atoms with Gasteiger partial charge in [0.25, 0.3) is 0 Å². The van der Waals surface area contributed by atoms with Crippen LogP contribution in [0.5, 0.6) is 0 Å². The molecule has 16 nitrogen and oxygen atoms in total. The fourth-order valence-corrected chi connectivity index (χ4v) is 7.47. The van der Waals surface area contributed by atoms with Gasteiger partial charge in [-0.05, 0) is 30.7 Å². The van der Waals surface area contributed by atoms with Crippen LogP contribution in [0.15, 0.2) is 36.8 Å². The Morgan fingerprint density at radius 3 is 2.16 bits per heavy atom. The lowest BCUT2D eigenvalue weighted by atomic mass is 9.93. The van der Waals surface area contributed by atoms with Crippen LogP contribution >= 0.6 is 7.82 Å².